The van der Waals surface area contributed by atoms with E-state index in [-0.39, 0.29) is 17.2 Å². The minimum absolute atomic E-state index is 0.0427. The summed E-state index contributed by atoms with van der Waals surface area (Å²) in [6.45, 7) is 0. The van der Waals surface area contributed by atoms with Gasteiger partial charge in [-0.15, -0.1) is 5.10 Å². The Hall–Kier alpha value is -3.42. The summed E-state index contributed by atoms with van der Waals surface area (Å²) in [6.07, 6.45) is 0. The Morgan fingerprint density at radius 1 is 1.09 bits per heavy atom. The van der Waals surface area contributed by atoms with Gasteiger partial charge in [-0.25, -0.2) is 14.1 Å². The zero-order valence-electron chi connectivity index (χ0n) is 11.1. The van der Waals surface area contributed by atoms with Crippen LogP contribution in [0, 0.1) is 0 Å². The second-order valence-electron chi connectivity index (χ2n) is 4.53. The van der Waals surface area contributed by atoms with Crippen molar-refractivity contribution in [3.8, 4) is 11.1 Å². The number of benzene rings is 1. The van der Waals surface area contributed by atoms with E-state index >= 15 is 0 Å². The Labute approximate surface area is 123 Å². The summed E-state index contributed by atoms with van der Waals surface area (Å²) in [5, 5.41) is 22.4. The Kier molecular flexibility index (Phi) is 2.99. The van der Waals surface area contributed by atoms with Gasteiger partial charge in [0.2, 0.25) is 5.95 Å². The summed E-state index contributed by atoms with van der Waals surface area (Å²) in [7, 11) is 0. The van der Waals surface area contributed by atoms with Crippen molar-refractivity contribution in [2.75, 3.05) is 5.73 Å². The second-order valence-corrected chi connectivity index (χ2v) is 4.53. The molecule has 0 spiro atoms. The number of hydrogen-bond donors (Lipinski definition) is 3. The molecule has 0 aliphatic carbocycles. The second kappa shape index (κ2) is 4.85. The van der Waals surface area contributed by atoms with E-state index in [1.807, 2.05) is 0 Å². The molecule has 8 heteroatoms. The van der Waals surface area contributed by atoms with E-state index in [9.17, 15) is 14.7 Å². The first-order chi connectivity index (χ1) is 10.5. The number of carbonyl (C=O) groups is 2. The number of fused-ring (bicyclic) bond motifs is 1. The fraction of sp³-hybridized carbons (Fsp3) is 0. The van der Waals surface area contributed by atoms with Gasteiger partial charge < -0.3 is 15.9 Å². The van der Waals surface area contributed by atoms with E-state index in [2.05, 4.69) is 10.1 Å². The molecule has 0 saturated heterocycles. The van der Waals surface area contributed by atoms with Gasteiger partial charge in [0.15, 0.2) is 11.3 Å². The van der Waals surface area contributed by atoms with Crippen LogP contribution in [-0.2, 0) is 0 Å². The lowest BCUT2D eigenvalue weighted by Crippen LogP contribution is -2.09. The van der Waals surface area contributed by atoms with Crippen LogP contribution in [0.2, 0.25) is 0 Å². The molecule has 3 aromatic rings. The molecule has 0 saturated carbocycles. The Balaban J connectivity index is 2.30. The highest BCUT2D eigenvalue weighted by Gasteiger charge is 2.19. The lowest BCUT2D eigenvalue weighted by atomic mass is 10.0. The van der Waals surface area contributed by atoms with E-state index in [1.54, 1.807) is 24.3 Å². The van der Waals surface area contributed by atoms with Crippen molar-refractivity contribution in [3.63, 3.8) is 0 Å². The number of nitrogens with two attached hydrogens (primary N) is 1. The van der Waals surface area contributed by atoms with Gasteiger partial charge in [0.05, 0.1) is 5.56 Å². The first kappa shape index (κ1) is 13.6. The van der Waals surface area contributed by atoms with Crippen LogP contribution in [0.5, 0.6) is 0 Å². The molecule has 3 rings (SSSR count). The van der Waals surface area contributed by atoms with E-state index in [4.69, 9.17) is 10.8 Å². The van der Waals surface area contributed by atoms with Crippen LogP contribution < -0.4 is 5.73 Å². The van der Waals surface area contributed by atoms with Gasteiger partial charge in [-0.05, 0) is 29.8 Å². The van der Waals surface area contributed by atoms with Crippen LogP contribution in [0.25, 0.3) is 16.8 Å². The zero-order valence-corrected chi connectivity index (χ0v) is 11.1. The monoisotopic (exact) mass is 298 g/mol. The fourth-order valence-corrected chi connectivity index (χ4v) is 2.22. The average molecular weight is 298 g/mol. The quantitative estimate of drug-likeness (QED) is 0.665. The molecule has 4 N–H and O–H groups in total. The minimum atomic E-state index is -1.22. The van der Waals surface area contributed by atoms with Crippen LogP contribution in [0.1, 0.15) is 20.8 Å². The maximum atomic E-state index is 11.6. The van der Waals surface area contributed by atoms with Gasteiger partial charge >= 0.3 is 11.9 Å². The summed E-state index contributed by atoms with van der Waals surface area (Å²) in [6, 6.07) is 9.12. The molecule has 8 nitrogen and oxygen atoms in total. The third kappa shape index (κ3) is 2.12. The standard InChI is InChI=1S/C14H10N4O4/c15-14-16-10-5-4-9(11(13(21)22)18(10)17-14)7-2-1-3-8(6-7)12(19)20/h1-6H,(H2,15,17)(H,19,20)(H,21,22). The number of pyridine rings is 1. The summed E-state index contributed by atoms with van der Waals surface area (Å²) in [4.78, 5) is 26.6. The maximum Gasteiger partial charge on any atom is 0.355 e. The van der Waals surface area contributed by atoms with Crippen molar-refractivity contribution in [2.45, 2.75) is 0 Å². The summed E-state index contributed by atoms with van der Waals surface area (Å²) in [5.74, 6) is -2.35. The molecule has 2 aromatic heterocycles. The Morgan fingerprint density at radius 3 is 2.55 bits per heavy atom. The predicted molar refractivity (Wildman–Crippen MR) is 76.8 cm³/mol. The van der Waals surface area contributed by atoms with E-state index in [1.165, 1.54) is 12.1 Å². The molecule has 0 aliphatic rings. The van der Waals surface area contributed by atoms with Crippen LogP contribution in [0.3, 0.4) is 0 Å². The van der Waals surface area contributed by atoms with Crippen molar-refractivity contribution < 1.29 is 19.8 Å². The van der Waals surface area contributed by atoms with Gasteiger partial charge in [0.25, 0.3) is 0 Å². The highest BCUT2D eigenvalue weighted by atomic mass is 16.4. The molecule has 0 fully saturated rings. The van der Waals surface area contributed by atoms with E-state index in [0.717, 1.165) is 4.52 Å². The Morgan fingerprint density at radius 2 is 1.86 bits per heavy atom. The third-order valence-electron chi connectivity index (χ3n) is 3.14. The smallest absolute Gasteiger partial charge is 0.355 e. The molecular formula is C14H10N4O4. The summed E-state index contributed by atoms with van der Waals surface area (Å²) < 4.78 is 1.13. The molecule has 0 aliphatic heterocycles. The fourth-order valence-electron chi connectivity index (χ4n) is 2.22. The third-order valence-corrected chi connectivity index (χ3v) is 3.14. The Bertz CT molecular complexity index is 916. The number of nitrogens with zero attached hydrogens (tertiary/aromatic N) is 3. The number of nitrogen functional groups attached to an aromatic ring is 1. The molecule has 1 aromatic carbocycles. The first-order valence-electron chi connectivity index (χ1n) is 6.19. The van der Waals surface area contributed by atoms with Gasteiger partial charge in [0, 0.05) is 5.56 Å². The van der Waals surface area contributed by atoms with Crippen LogP contribution in [-0.4, -0.2) is 36.7 Å². The van der Waals surface area contributed by atoms with Gasteiger partial charge in [-0.1, -0.05) is 12.1 Å². The zero-order chi connectivity index (χ0) is 15.9. The number of rotatable bonds is 3. The van der Waals surface area contributed by atoms with Gasteiger partial charge in [-0.3, -0.25) is 0 Å². The summed E-state index contributed by atoms with van der Waals surface area (Å²) in [5.41, 5.74) is 6.50. The molecule has 0 amide bonds. The van der Waals surface area contributed by atoms with Crippen LogP contribution >= 0.6 is 0 Å². The van der Waals surface area contributed by atoms with Crippen molar-refractivity contribution >= 4 is 23.5 Å². The molecule has 0 bridgehead atoms. The minimum Gasteiger partial charge on any atom is -0.478 e. The molecule has 0 atom stereocenters. The SMILES string of the molecule is Nc1nc2ccc(-c3cccc(C(=O)O)c3)c(C(=O)O)n2n1. The molecule has 2 heterocycles. The number of aromatic nitrogens is 3. The van der Waals surface area contributed by atoms with Crippen molar-refractivity contribution in [3.05, 3.63) is 47.7 Å². The largest absolute Gasteiger partial charge is 0.478 e. The van der Waals surface area contributed by atoms with Crippen molar-refractivity contribution in [2.24, 2.45) is 0 Å². The lowest BCUT2D eigenvalue weighted by molar-refractivity contribution is 0.0681. The topological polar surface area (TPSA) is 131 Å². The normalized spacial score (nSPS) is 10.7. The average Bonchev–Trinajstić information content (AvgIpc) is 2.86. The molecule has 22 heavy (non-hydrogen) atoms. The number of anilines is 1. The molecule has 0 unspecified atom stereocenters. The highest BCUT2D eigenvalue weighted by molar-refractivity contribution is 5.96. The predicted octanol–water partition coefficient (Wildman–Crippen LogP) is 1.37. The van der Waals surface area contributed by atoms with E-state index < -0.39 is 11.9 Å². The summed E-state index contributed by atoms with van der Waals surface area (Å²) >= 11 is 0. The molecular weight excluding hydrogens is 288 g/mol. The number of hydrogen-bond acceptors (Lipinski definition) is 5. The van der Waals surface area contributed by atoms with Gasteiger partial charge in [0.1, 0.15) is 0 Å². The first-order valence-corrected chi connectivity index (χ1v) is 6.19. The molecule has 110 valence electrons. The number of carboxylic acid groups (broad SMARTS) is 2. The van der Waals surface area contributed by atoms with Crippen molar-refractivity contribution in [1.82, 2.24) is 14.6 Å². The highest BCUT2D eigenvalue weighted by Crippen LogP contribution is 2.26. The van der Waals surface area contributed by atoms with Crippen LogP contribution in [0.15, 0.2) is 36.4 Å². The molecule has 0 radical (unpaired) electrons. The number of carboxylic acids is 2. The van der Waals surface area contributed by atoms with E-state index in [0.29, 0.717) is 16.8 Å². The maximum absolute atomic E-state index is 11.6. The van der Waals surface area contributed by atoms with Crippen molar-refractivity contribution in [1.29, 1.82) is 0 Å². The lowest BCUT2D eigenvalue weighted by Gasteiger charge is -2.08. The number of aromatic carboxylic acids is 2. The van der Waals surface area contributed by atoms with Crippen LogP contribution in [0.4, 0.5) is 5.95 Å². The van der Waals surface area contributed by atoms with Gasteiger partial charge in [-0.2, -0.15) is 4.98 Å².